The van der Waals surface area contributed by atoms with Crippen LogP contribution in [0.2, 0.25) is 0 Å². The van der Waals surface area contributed by atoms with E-state index in [0.29, 0.717) is 0 Å². The predicted molar refractivity (Wildman–Crippen MR) is 103 cm³/mol. The Kier molecular flexibility index (Phi) is 4.73. The third-order valence-corrected chi connectivity index (χ3v) is 5.41. The summed E-state index contributed by atoms with van der Waals surface area (Å²) in [4.78, 5) is 5.03. The minimum absolute atomic E-state index is 1.19. The van der Waals surface area contributed by atoms with Crippen LogP contribution in [0, 0.1) is 6.07 Å². The molecule has 1 radical (unpaired) electrons. The fourth-order valence-electron chi connectivity index (χ4n) is 3.97. The number of anilines is 2. The molecule has 2 heteroatoms. The highest BCUT2D eigenvalue weighted by Gasteiger charge is 2.13. The van der Waals surface area contributed by atoms with Crippen molar-refractivity contribution in [3.05, 3.63) is 48.5 Å². The first kappa shape index (κ1) is 15.6. The molecule has 0 spiro atoms. The number of benzene rings is 2. The standard InChI is InChI=1S/C22H27N2/c1-3-14-23(15-4-1)21-12-10-19(11-13-21)20-8-7-9-22(18-20)24-16-5-2-6-17-24/h7,9-13,18H,1-6,14-17H2. The molecule has 24 heavy (non-hydrogen) atoms. The summed E-state index contributed by atoms with van der Waals surface area (Å²) in [6.45, 7) is 4.79. The van der Waals surface area contributed by atoms with E-state index < -0.39 is 0 Å². The van der Waals surface area contributed by atoms with Crippen LogP contribution in [-0.4, -0.2) is 26.2 Å². The Morgan fingerprint density at radius 3 is 1.83 bits per heavy atom. The van der Waals surface area contributed by atoms with Gasteiger partial charge in [0.2, 0.25) is 0 Å². The van der Waals surface area contributed by atoms with Gasteiger partial charge in [-0.15, -0.1) is 0 Å². The minimum atomic E-state index is 1.19. The van der Waals surface area contributed by atoms with E-state index in [1.807, 2.05) is 0 Å². The van der Waals surface area contributed by atoms with Crippen LogP contribution >= 0.6 is 0 Å². The molecule has 0 unspecified atom stereocenters. The summed E-state index contributed by atoms with van der Waals surface area (Å²) in [6.07, 6.45) is 8.05. The number of hydrogen-bond acceptors (Lipinski definition) is 2. The van der Waals surface area contributed by atoms with Gasteiger partial charge < -0.3 is 9.80 Å². The molecular weight excluding hydrogens is 292 g/mol. The molecule has 0 aromatic heterocycles. The van der Waals surface area contributed by atoms with Crippen molar-refractivity contribution in [2.24, 2.45) is 0 Å². The number of piperidine rings is 2. The second-order valence-electron chi connectivity index (χ2n) is 7.10. The summed E-state index contributed by atoms with van der Waals surface area (Å²) in [5.74, 6) is 0. The van der Waals surface area contributed by atoms with Crippen LogP contribution in [-0.2, 0) is 0 Å². The average Bonchev–Trinajstić information content (AvgIpc) is 2.70. The lowest BCUT2D eigenvalue weighted by atomic mass is 10.0. The fraction of sp³-hybridized carbons (Fsp3) is 0.455. The molecule has 4 rings (SSSR count). The molecule has 2 aliphatic rings. The van der Waals surface area contributed by atoms with Crippen LogP contribution in [0.1, 0.15) is 38.5 Å². The van der Waals surface area contributed by atoms with E-state index in [0.717, 1.165) is 0 Å². The lowest BCUT2D eigenvalue weighted by Gasteiger charge is -2.29. The maximum atomic E-state index is 3.42. The quantitative estimate of drug-likeness (QED) is 0.773. The molecule has 2 fully saturated rings. The SMILES string of the molecule is [c]1ccc(N2CCCCC2)cc1-c1ccc(N2CCCCC2)cc1. The van der Waals surface area contributed by atoms with E-state index >= 15 is 0 Å². The molecule has 2 nitrogen and oxygen atoms in total. The normalized spacial score (nSPS) is 18.7. The van der Waals surface area contributed by atoms with Crippen molar-refractivity contribution in [1.29, 1.82) is 0 Å². The Morgan fingerprint density at radius 1 is 0.625 bits per heavy atom. The zero-order valence-electron chi connectivity index (χ0n) is 14.5. The molecule has 0 atom stereocenters. The van der Waals surface area contributed by atoms with Gasteiger partial charge in [-0.3, -0.25) is 0 Å². The molecule has 2 aromatic rings. The van der Waals surface area contributed by atoms with Gasteiger partial charge in [0.15, 0.2) is 0 Å². The van der Waals surface area contributed by atoms with Crippen LogP contribution in [0.3, 0.4) is 0 Å². The Hall–Kier alpha value is -1.96. The average molecular weight is 319 g/mol. The number of nitrogens with zero attached hydrogens (tertiary/aromatic N) is 2. The van der Waals surface area contributed by atoms with Crippen LogP contribution in [0.5, 0.6) is 0 Å². The maximum Gasteiger partial charge on any atom is 0.0372 e. The van der Waals surface area contributed by atoms with Gasteiger partial charge in [-0.1, -0.05) is 18.2 Å². The van der Waals surface area contributed by atoms with Crippen molar-refractivity contribution in [3.63, 3.8) is 0 Å². The summed E-state index contributed by atoms with van der Waals surface area (Å²) < 4.78 is 0. The smallest absolute Gasteiger partial charge is 0.0372 e. The van der Waals surface area contributed by atoms with Crippen LogP contribution < -0.4 is 9.80 Å². The van der Waals surface area contributed by atoms with E-state index in [1.165, 1.54) is 87.2 Å². The lowest BCUT2D eigenvalue weighted by Crippen LogP contribution is -2.29. The van der Waals surface area contributed by atoms with Gasteiger partial charge in [0.1, 0.15) is 0 Å². The molecule has 0 aliphatic carbocycles. The molecule has 0 bridgehead atoms. The highest BCUT2D eigenvalue weighted by molar-refractivity contribution is 5.70. The zero-order chi connectivity index (χ0) is 16.2. The van der Waals surface area contributed by atoms with E-state index in [-0.39, 0.29) is 0 Å². The van der Waals surface area contributed by atoms with E-state index in [9.17, 15) is 0 Å². The monoisotopic (exact) mass is 319 g/mol. The van der Waals surface area contributed by atoms with E-state index in [4.69, 9.17) is 0 Å². The van der Waals surface area contributed by atoms with Gasteiger partial charge in [-0.05, 0) is 80.0 Å². The summed E-state index contributed by atoms with van der Waals surface area (Å²) in [6, 6.07) is 19.1. The molecular formula is C22H27N2. The molecule has 2 aromatic carbocycles. The maximum absolute atomic E-state index is 3.42. The Balaban J connectivity index is 1.52. The molecule has 0 amide bonds. The third-order valence-electron chi connectivity index (χ3n) is 5.41. The second-order valence-corrected chi connectivity index (χ2v) is 7.10. The Labute approximate surface area is 146 Å². The van der Waals surface area contributed by atoms with Gasteiger partial charge in [0.25, 0.3) is 0 Å². The van der Waals surface area contributed by atoms with Gasteiger partial charge in [0.05, 0.1) is 0 Å². The van der Waals surface area contributed by atoms with Crippen LogP contribution in [0.4, 0.5) is 11.4 Å². The van der Waals surface area contributed by atoms with Gasteiger partial charge in [0, 0.05) is 37.6 Å². The van der Waals surface area contributed by atoms with Crippen molar-refractivity contribution in [2.75, 3.05) is 36.0 Å². The van der Waals surface area contributed by atoms with Crippen molar-refractivity contribution in [2.45, 2.75) is 38.5 Å². The minimum Gasteiger partial charge on any atom is -0.372 e. The van der Waals surface area contributed by atoms with Gasteiger partial charge >= 0.3 is 0 Å². The number of hydrogen-bond donors (Lipinski definition) is 0. The number of rotatable bonds is 3. The van der Waals surface area contributed by atoms with Crippen molar-refractivity contribution in [3.8, 4) is 11.1 Å². The first-order chi connectivity index (χ1) is 11.9. The summed E-state index contributed by atoms with van der Waals surface area (Å²) >= 11 is 0. The van der Waals surface area contributed by atoms with Crippen molar-refractivity contribution < 1.29 is 0 Å². The molecule has 2 heterocycles. The Bertz CT molecular complexity index is 650. The molecule has 2 aliphatic heterocycles. The zero-order valence-corrected chi connectivity index (χ0v) is 14.5. The van der Waals surface area contributed by atoms with E-state index in [1.54, 1.807) is 0 Å². The van der Waals surface area contributed by atoms with Crippen LogP contribution in [0.25, 0.3) is 11.1 Å². The summed E-state index contributed by atoms with van der Waals surface area (Å²) in [5, 5.41) is 0. The molecule has 125 valence electrons. The molecule has 0 N–H and O–H groups in total. The second kappa shape index (κ2) is 7.29. The third kappa shape index (κ3) is 3.43. The lowest BCUT2D eigenvalue weighted by molar-refractivity contribution is 0.578. The topological polar surface area (TPSA) is 6.48 Å². The molecule has 2 saturated heterocycles. The largest absolute Gasteiger partial charge is 0.372 e. The van der Waals surface area contributed by atoms with Crippen LogP contribution in [0.15, 0.2) is 42.5 Å². The van der Waals surface area contributed by atoms with Gasteiger partial charge in [-0.2, -0.15) is 0 Å². The van der Waals surface area contributed by atoms with Gasteiger partial charge in [-0.25, -0.2) is 0 Å². The van der Waals surface area contributed by atoms with E-state index in [2.05, 4.69) is 58.3 Å². The first-order valence-corrected chi connectivity index (χ1v) is 9.52. The highest BCUT2D eigenvalue weighted by Crippen LogP contribution is 2.28. The van der Waals surface area contributed by atoms with Crippen molar-refractivity contribution in [1.82, 2.24) is 0 Å². The fourth-order valence-corrected chi connectivity index (χ4v) is 3.97. The Morgan fingerprint density at radius 2 is 1.21 bits per heavy atom. The highest BCUT2D eigenvalue weighted by atomic mass is 15.1. The first-order valence-electron chi connectivity index (χ1n) is 9.52. The molecule has 0 saturated carbocycles. The summed E-state index contributed by atoms with van der Waals surface area (Å²) in [7, 11) is 0. The van der Waals surface area contributed by atoms with Crippen molar-refractivity contribution >= 4 is 11.4 Å². The summed E-state index contributed by atoms with van der Waals surface area (Å²) in [5.41, 5.74) is 5.20. The predicted octanol–water partition coefficient (Wildman–Crippen LogP) is 5.13.